The predicted octanol–water partition coefficient (Wildman–Crippen LogP) is 2.67. The van der Waals surface area contributed by atoms with Crippen molar-refractivity contribution in [1.82, 2.24) is 4.90 Å². The highest BCUT2D eigenvalue weighted by Crippen LogP contribution is 2.27. The molecule has 21 heavy (non-hydrogen) atoms. The van der Waals surface area contributed by atoms with Crippen LogP contribution in [-0.4, -0.2) is 42.8 Å². The largest absolute Gasteiger partial charge is 0.379 e. The Morgan fingerprint density at radius 1 is 1.24 bits per heavy atom. The molecule has 2 N–H and O–H groups in total. The summed E-state index contributed by atoms with van der Waals surface area (Å²) >= 11 is 0. The Labute approximate surface area is 129 Å². The molecule has 0 radical (unpaired) electrons. The van der Waals surface area contributed by atoms with Crippen molar-refractivity contribution in [3.8, 4) is 0 Å². The van der Waals surface area contributed by atoms with E-state index in [9.17, 15) is 0 Å². The van der Waals surface area contributed by atoms with Crippen molar-refractivity contribution in [2.45, 2.75) is 52.1 Å². The SMILES string of the molecule is CCC(C)(C(N)Cc1c(C)cccc1C)N1CCOCC1. The van der Waals surface area contributed by atoms with Crippen molar-refractivity contribution in [3.63, 3.8) is 0 Å². The molecule has 1 aromatic carbocycles. The maximum atomic E-state index is 6.68. The van der Waals surface area contributed by atoms with E-state index in [1.54, 1.807) is 0 Å². The number of nitrogens with two attached hydrogens (primary N) is 1. The Hall–Kier alpha value is -0.900. The average molecular weight is 290 g/mol. The lowest BCUT2D eigenvalue weighted by Crippen LogP contribution is -2.61. The molecule has 0 bridgehead atoms. The minimum absolute atomic E-state index is 0.0402. The Morgan fingerprint density at radius 3 is 2.33 bits per heavy atom. The van der Waals surface area contributed by atoms with E-state index in [-0.39, 0.29) is 11.6 Å². The molecule has 1 fully saturated rings. The van der Waals surface area contributed by atoms with Gasteiger partial charge < -0.3 is 10.5 Å². The van der Waals surface area contributed by atoms with Gasteiger partial charge in [-0.05, 0) is 50.3 Å². The molecule has 1 aliphatic heterocycles. The van der Waals surface area contributed by atoms with Crippen LogP contribution in [-0.2, 0) is 11.2 Å². The molecule has 0 aliphatic carbocycles. The fourth-order valence-electron chi connectivity index (χ4n) is 3.41. The molecule has 0 aromatic heterocycles. The molecule has 2 rings (SSSR count). The molecule has 3 heteroatoms. The first-order valence-corrected chi connectivity index (χ1v) is 8.12. The molecule has 3 nitrogen and oxygen atoms in total. The number of nitrogens with zero attached hydrogens (tertiary/aromatic N) is 1. The molecule has 2 atom stereocenters. The normalized spacial score (nSPS) is 21.0. The van der Waals surface area contributed by atoms with E-state index in [1.165, 1.54) is 16.7 Å². The van der Waals surface area contributed by atoms with E-state index in [0.717, 1.165) is 39.1 Å². The molecule has 0 amide bonds. The van der Waals surface area contributed by atoms with E-state index >= 15 is 0 Å². The minimum atomic E-state index is 0.0402. The van der Waals surface area contributed by atoms with Crippen molar-refractivity contribution in [2.24, 2.45) is 5.73 Å². The van der Waals surface area contributed by atoms with E-state index in [0.29, 0.717) is 0 Å². The van der Waals surface area contributed by atoms with Gasteiger partial charge in [0.25, 0.3) is 0 Å². The van der Waals surface area contributed by atoms with Gasteiger partial charge in [-0.25, -0.2) is 0 Å². The third kappa shape index (κ3) is 3.47. The number of ether oxygens (including phenoxy) is 1. The van der Waals surface area contributed by atoms with Crippen LogP contribution in [0.1, 0.15) is 37.0 Å². The summed E-state index contributed by atoms with van der Waals surface area (Å²) in [6.45, 7) is 12.6. The smallest absolute Gasteiger partial charge is 0.0594 e. The lowest BCUT2D eigenvalue weighted by atomic mass is 9.82. The Kier molecular flexibility index (Phi) is 5.42. The molecule has 1 aliphatic rings. The zero-order chi connectivity index (χ0) is 15.5. The number of benzene rings is 1. The highest BCUT2D eigenvalue weighted by Gasteiger charge is 2.37. The van der Waals surface area contributed by atoms with Gasteiger partial charge in [-0.1, -0.05) is 25.1 Å². The van der Waals surface area contributed by atoms with Gasteiger partial charge in [0.2, 0.25) is 0 Å². The topological polar surface area (TPSA) is 38.5 Å². The predicted molar refractivity (Wildman–Crippen MR) is 88.7 cm³/mol. The summed E-state index contributed by atoms with van der Waals surface area (Å²) in [5.74, 6) is 0. The Balaban J connectivity index is 2.17. The fourth-order valence-corrected chi connectivity index (χ4v) is 3.41. The van der Waals surface area contributed by atoms with Crippen LogP contribution in [0.5, 0.6) is 0 Å². The standard InChI is InChI=1S/C18H30N2O/c1-5-18(4,20-9-11-21-12-10-20)17(19)13-16-14(2)7-6-8-15(16)3/h6-8,17H,5,9-13,19H2,1-4H3. The molecule has 0 saturated carbocycles. The van der Waals surface area contributed by atoms with Gasteiger partial charge in [0.05, 0.1) is 13.2 Å². The molecule has 1 heterocycles. The van der Waals surface area contributed by atoms with E-state index in [4.69, 9.17) is 10.5 Å². The number of morpholine rings is 1. The van der Waals surface area contributed by atoms with Crippen LogP contribution < -0.4 is 5.73 Å². The first-order chi connectivity index (χ1) is 9.99. The third-order valence-corrected chi connectivity index (χ3v) is 5.32. The third-order valence-electron chi connectivity index (χ3n) is 5.32. The van der Waals surface area contributed by atoms with Crippen molar-refractivity contribution < 1.29 is 4.74 Å². The molecular formula is C18H30N2O. The van der Waals surface area contributed by atoms with Gasteiger partial charge in [0.1, 0.15) is 0 Å². The van der Waals surface area contributed by atoms with Crippen LogP contribution >= 0.6 is 0 Å². The van der Waals surface area contributed by atoms with Gasteiger partial charge in [-0.3, -0.25) is 4.90 Å². The molecular weight excluding hydrogens is 260 g/mol. The summed E-state index contributed by atoms with van der Waals surface area (Å²) in [7, 11) is 0. The van der Waals surface area contributed by atoms with Crippen LogP contribution in [0.15, 0.2) is 18.2 Å². The molecule has 118 valence electrons. The lowest BCUT2D eigenvalue weighted by molar-refractivity contribution is -0.0272. The van der Waals surface area contributed by atoms with Gasteiger partial charge in [0, 0.05) is 24.7 Å². The summed E-state index contributed by atoms with van der Waals surface area (Å²) in [5.41, 5.74) is 10.8. The number of rotatable bonds is 5. The fraction of sp³-hybridized carbons (Fsp3) is 0.667. The first-order valence-electron chi connectivity index (χ1n) is 8.12. The summed E-state index contributed by atoms with van der Waals surface area (Å²) in [5, 5.41) is 0. The molecule has 2 unspecified atom stereocenters. The molecule has 1 saturated heterocycles. The number of hydrogen-bond acceptors (Lipinski definition) is 3. The molecule has 1 aromatic rings. The van der Waals surface area contributed by atoms with Gasteiger partial charge >= 0.3 is 0 Å². The van der Waals surface area contributed by atoms with Crippen LogP contribution in [0.25, 0.3) is 0 Å². The van der Waals surface area contributed by atoms with Crippen molar-refractivity contribution in [2.75, 3.05) is 26.3 Å². The quantitative estimate of drug-likeness (QED) is 0.906. The first kappa shape index (κ1) is 16.5. The second kappa shape index (κ2) is 6.91. The van der Waals surface area contributed by atoms with Gasteiger partial charge in [0.15, 0.2) is 0 Å². The second-order valence-corrected chi connectivity index (χ2v) is 6.49. The van der Waals surface area contributed by atoms with Crippen molar-refractivity contribution in [1.29, 1.82) is 0 Å². The minimum Gasteiger partial charge on any atom is -0.379 e. The summed E-state index contributed by atoms with van der Waals surface area (Å²) < 4.78 is 5.49. The van der Waals surface area contributed by atoms with Gasteiger partial charge in [-0.15, -0.1) is 0 Å². The Morgan fingerprint density at radius 2 is 1.81 bits per heavy atom. The maximum absolute atomic E-state index is 6.68. The van der Waals surface area contributed by atoms with Gasteiger partial charge in [-0.2, -0.15) is 0 Å². The summed E-state index contributed by atoms with van der Waals surface area (Å²) in [6.07, 6.45) is 2.01. The highest BCUT2D eigenvalue weighted by atomic mass is 16.5. The Bertz CT molecular complexity index is 448. The maximum Gasteiger partial charge on any atom is 0.0594 e. The molecule has 0 spiro atoms. The van der Waals surface area contributed by atoms with Crippen LogP contribution in [0, 0.1) is 13.8 Å². The van der Waals surface area contributed by atoms with Crippen molar-refractivity contribution >= 4 is 0 Å². The summed E-state index contributed by atoms with van der Waals surface area (Å²) in [6, 6.07) is 6.64. The second-order valence-electron chi connectivity index (χ2n) is 6.49. The van der Waals surface area contributed by atoms with Crippen LogP contribution in [0.3, 0.4) is 0 Å². The highest BCUT2D eigenvalue weighted by molar-refractivity contribution is 5.34. The van der Waals surface area contributed by atoms with Crippen molar-refractivity contribution in [3.05, 3.63) is 34.9 Å². The lowest BCUT2D eigenvalue weighted by Gasteiger charge is -2.46. The number of aryl methyl sites for hydroxylation is 2. The van der Waals surface area contributed by atoms with Crippen LogP contribution in [0.4, 0.5) is 0 Å². The van der Waals surface area contributed by atoms with E-state index in [1.807, 2.05) is 0 Å². The zero-order valence-electron chi connectivity index (χ0n) is 14.0. The summed E-state index contributed by atoms with van der Waals surface area (Å²) in [4.78, 5) is 2.52. The van der Waals surface area contributed by atoms with Crippen LogP contribution in [0.2, 0.25) is 0 Å². The number of hydrogen-bond donors (Lipinski definition) is 1. The average Bonchev–Trinajstić information content (AvgIpc) is 2.51. The van der Waals surface area contributed by atoms with E-state index < -0.39 is 0 Å². The van der Waals surface area contributed by atoms with E-state index in [2.05, 4.69) is 50.8 Å². The monoisotopic (exact) mass is 290 g/mol. The zero-order valence-corrected chi connectivity index (χ0v) is 14.0.